The lowest BCUT2D eigenvalue weighted by Gasteiger charge is -2.19. The van der Waals surface area contributed by atoms with Crippen LogP contribution < -0.4 is 0 Å². The average Bonchev–Trinajstić information content (AvgIpc) is 3.40. The van der Waals surface area contributed by atoms with E-state index in [9.17, 15) is 5.11 Å². The summed E-state index contributed by atoms with van der Waals surface area (Å²) >= 11 is 1.65. The Morgan fingerprint density at radius 3 is 2.80 bits per heavy atom. The Kier molecular flexibility index (Phi) is 6.99. The van der Waals surface area contributed by atoms with Crippen LogP contribution in [0.2, 0.25) is 0 Å². The van der Waals surface area contributed by atoms with Gasteiger partial charge in [-0.05, 0) is 38.1 Å². The van der Waals surface area contributed by atoms with Gasteiger partial charge in [0.2, 0.25) is 0 Å². The number of pyridine rings is 1. The Morgan fingerprint density at radius 2 is 2.03 bits per heavy atom. The Balaban J connectivity index is 1.48. The maximum Gasteiger partial charge on any atom is 0.191 e. The van der Waals surface area contributed by atoms with Crippen molar-refractivity contribution in [1.29, 1.82) is 0 Å². The molecule has 0 saturated carbocycles. The molecule has 0 amide bonds. The summed E-state index contributed by atoms with van der Waals surface area (Å²) in [4.78, 5) is 6.54. The number of aromatic hydroxyl groups is 1. The van der Waals surface area contributed by atoms with Gasteiger partial charge in [-0.2, -0.15) is 0 Å². The van der Waals surface area contributed by atoms with Crippen LogP contribution in [0.3, 0.4) is 0 Å². The molecule has 1 aliphatic heterocycles. The van der Waals surface area contributed by atoms with Crippen molar-refractivity contribution in [2.75, 3.05) is 13.7 Å². The number of ether oxygens (including phenoxy) is 1. The largest absolute Gasteiger partial charge is 0.508 e. The van der Waals surface area contributed by atoms with Crippen molar-refractivity contribution >= 4 is 11.8 Å². The number of phenols is 1. The van der Waals surface area contributed by atoms with Gasteiger partial charge >= 0.3 is 0 Å². The van der Waals surface area contributed by atoms with Crippen LogP contribution in [0.25, 0.3) is 0 Å². The fourth-order valence-electron chi connectivity index (χ4n) is 3.57. The fourth-order valence-corrected chi connectivity index (χ4v) is 4.45. The summed E-state index contributed by atoms with van der Waals surface area (Å²) in [6.07, 6.45) is 4.19. The van der Waals surface area contributed by atoms with Gasteiger partial charge in [-0.3, -0.25) is 9.88 Å². The highest BCUT2D eigenvalue weighted by Gasteiger charge is 2.22. The van der Waals surface area contributed by atoms with Crippen molar-refractivity contribution in [3.8, 4) is 5.75 Å². The monoisotopic (exact) mass is 425 g/mol. The number of hydrogen-bond donors (Lipinski definition) is 1. The van der Waals surface area contributed by atoms with Gasteiger partial charge in [0.05, 0.1) is 24.9 Å². The van der Waals surface area contributed by atoms with Crippen LogP contribution in [0.1, 0.15) is 29.9 Å². The molecule has 1 saturated heterocycles. The first-order valence-corrected chi connectivity index (χ1v) is 11.2. The lowest BCUT2D eigenvalue weighted by molar-refractivity contribution is 0.0934. The van der Waals surface area contributed by atoms with Crippen LogP contribution in [0.5, 0.6) is 5.75 Å². The van der Waals surface area contributed by atoms with E-state index in [4.69, 9.17) is 4.74 Å². The predicted molar refractivity (Wildman–Crippen MR) is 116 cm³/mol. The molecule has 4 rings (SSSR count). The third-order valence-corrected chi connectivity index (χ3v) is 6.12. The molecule has 3 heterocycles. The Morgan fingerprint density at radius 1 is 1.17 bits per heavy atom. The number of nitrogens with zero attached hydrogens (tertiary/aromatic N) is 5. The van der Waals surface area contributed by atoms with E-state index in [0.29, 0.717) is 18.8 Å². The Bertz CT molecular complexity index is 944. The van der Waals surface area contributed by atoms with E-state index < -0.39 is 0 Å². The van der Waals surface area contributed by atoms with Gasteiger partial charge in [-0.15, -0.1) is 10.2 Å². The molecule has 1 atom stereocenters. The van der Waals surface area contributed by atoms with Gasteiger partial charge in [-0.25, -0.2) is 0 Å². The quantitative estimate of drug-likeness (QED) is 0.526. The van der Waals surface area contributed by atoms with E-state index in [2.05, 4.69) is 24.6 Å². The van der Waals surface area contributed by atoms with E-state index in [0.717, 1.165) is 54.0 Å². The highest BCUT2D eigenvalue weighted by atomic mass is 32.2. The van der Waals surface area contributed by atoms with E-state index in [1.807, 2.05) is 49.6 Å². The Labute approximate surface area is 181 Å². The summed E-state index contributed by atoms with van der Waals surface area (Å²) in [6, 6.07) is 13.4. The van der Waals surface area contributed by atoms with Crippen LogP contribution in [0.4, 0.5) is 0 Å². The van der Waals surface area contributed by atoms with Crippen LogP contribution in [-0.2, 0) is 30.1 Å². The first kappa shape index (κ1) is 20.8. The first-order chi connectivity index (χ1) is 14.7. The molecular formula is C22H27N5O2S. The molecule has 1 aromatic carbocycles. The number of phenolic OH excluding ortho intramolecular Hbond substituents is 1. The second-order valence-electron chi connectivity index (χ2n) is 7.56. The van der Waals surface area contributed by atoms with E-state index >= 15 is 0 Å². The third-order valence-electron chi connectivity index (χ3n) is 5.12. The van der Waals surface area contributed by atoms with E-state index in [-0.39, 0.29) is 6.10 Å². The molecule has 0 spiro atoms. The molecule has 3 aromatic rings. The SMILES string of the molecule is CN(Cc1ccccc1O)Cc1nnc(SCc2ccccn2)n1C[C@H]1CCCO1. The van der Waals surface area contributed by atoms with Crippen molar-refractivity contribution < 1.29 is 9.84 Å². The van der Waals surface area contributed by atoms with E-state index in [1.54, 1.807) is 17.8 Å². The zero-order valence-corrected chi connectivity index (χ0v) is 18.0. The summed E-state index contributed by atoms with van der Waals surface area (Å²) in [5.74, 6) is 1.97. The smallest absolute Gasteiger partial charge is 0.191 e. The summed E-state index contributed by atoms with van der Waals surface area (Å²) < 4.78 is 8.06. The fraction of sp³-hybridized carbons (Fsp3) is 0.409. The molecule has 0 radical (unpaired) electrons. The van der Waals surface area contributed by atoms with Crippen molar-refractivity contribution in [3.63, 3.8) is 0 Å². The predicted octanol–water partition coefficient (Wildman–Crippen LogP) is 3.48. The maximum atomic E-state index is 10.1. The number of benzene rings is 1. The maximum absolute atomic E-state index is 10.1. The van der Waals surface area contributed by atoms with Gasteiger partial charge in [0, 0.05) is 30.7 Å². The normalized spacial score (nSPS) is 16.4. The van der Waals surface area contributed by atoms with Gasteiger partial charge in [0.25, 0.3) is 0 Å². The second-order valence-corrected chi connectivity index (χ2v) is 8.50. The average molecular weight is 426 g/mol. The van der Waals surface area contributed by atoms with Crippen molar-refractivity contribution in [2.45, 2.75) is 49.5 Å². The van der Waals surface area contributed by atoms with Crippen molar-refractivity contribution in [2.24, 2.45) is 0 Å². The van der Waals surface area contributed by atoms with Gasteiger partial charge < -0.3 is 14.4 Å². The summed E-state index contributed by atoms with van der Waals surface area (Å²) in [6.45, 7) is 2.86. The molecule has 30 heavy (non-hydrogen) atoms. The van der Waals surface area contributed by atoms with Gasteiger partial charge in [-0.1, -0.05) is 36.0 Å². The number of thioether (sulfide) groups is 1. The lowest BCUT2D eigenvalue weighted by Crippen LogP contribution is -2.23. The zero-order chi connectivity index (χ0) is 20.8. The van der Waals surface area contributed by atoms with Crippen LogP contribution in [-0.4, -0.2) is 49.5 Å². The molecule has 2 aromatic heterocycles. The van der Waals surface area contributed by atoms with Crippen molar-refractivity contribution in [3.05, 3.63) is 65.7 Å². The molecule has 158 valence electrons. The number of para-hydroxylation sites is 1. The van der Waals surface area contributed by atoms with Crippen LogP contribution in [0.15, 0.2) is 53.8 Å². The number of aromatic nitrogens is 4. The molecule has 0 bridgehead atoms. The first-order valence-electron chi connectivity index (χ1n) is 10.2. The molecule has 1 aliphatic rings. The molecular weight excluding hydrogens is 398 g/mol. The van der Waals surface area contributed by atoms with Gasteiger partial charge in [0.1, 0.15) is 11.6 Å². The minimum absolute atomic E-state index is 0.206. The Hall–Kier alpha value is -2.42. The molecule has 7 nitrogen and oxygen atoms in total. The van der Waals surface area contributed by atoms with Gasteiger partial charge in [0.15, 0.2) is 5.16 Å². The topological polar surface area (TPSA) is 76.3 Å². The molecule has 0 aliphatic carbocycles. The molecule has 1 N–H and O–H groups in total. The number of hydrogen-bond acceptors (Lipinski definition) is 7. The second kappa shape index (κ2) is 10.1. The highest BCUT2D eigenvalue weighted by Crippen LogP contribution is 2.25. The zero-order valence-electron chi connectivity index (χ0n) is 17.1. The summed E-state index contributed by atoms with van der Waals surface area (Å²) in [5.41, 5.74) is 1.92. The minimum atomic E-state index is 0.206. The standard InChI is InChI=1S/C22H27N5O2S/c1-26(13-17-7-2-3-10-20(17)28)15-21-24-25-22(27(21)14-19-9-6-12-29-19)30-16-18-8-4-5-11-23-18/h2-5,7-8,10-11,19,28H,6,9,12-16H2,1H3/t19-/m1/s1. The minimum Gasteiger partial charge on any atom is -0.508 e. The highest BCUT2D eigenvalue weighted by molar-refractivity contribution is 7.98. The summed E-state index contributed by atoms with van der Waals surface area (Å²) in [7, 11) is 2.03. The summed E-state index contributed by atoms with van der Waals surface area (Å²) in [5, 5.41) is 19.9. The number of rotatable bonds is 9. The third kappa shape index (κ3) is 5.38. The molecule has 1 fully saturated rings. The van der Waals surface area contributed by atoms with E-state index in [1.165, 1.54) is 0 Å². The molecule has 0 unspecified atom stereocenters. The van der Waals surface area contributed by atoms with Crippen molar-refractivity contribution in [1.82, 2.24) is 24.6 Å². The van der Waals surface area contributed by atoms with Crippen LogP contribution in [0, 0.1) is 0 Å². The molecule has 8 heteroatoms. The lowest BCUT2D eigenvalue weighted by atomic mass is 10.2. The van der Waals surface area contributed by atoms with Crippen LogP contribution >= 0.6 is 11.8 Å².